The van der Waals surface area contributed by atoms with E-state index < -0.39 is 0 Å². The van der Waals surface area contributed by atoms with Crippen molar-refractivity contribution in [3.8, 4) is 6.07 Å². The average molecular weight is 259 g/mol. The van der Waals surface area contributed by atoms with Gasteiger partial charge in [-0.1, -0.05) is 36.4 Å². The molecule has 0 aromatic heterocycles. The van der Waals surface area contributed by atoms with E-state index in [-0.39, 0.29) is 0 Å². The van der Waals surface area contributed by atoms with Gasteiger partial charge in [0.25, 0.3) is 0 Å². The van der Waals surface area contributed by atoms with Crippen LogP contribution >= 0.6 is 11.6 Å². The first-order valence-corrected chi connectivity index (χ1v) is 5.95. The van der Waals surface area contributed by atoms with Crippen LogP contribution in [0.2, 0.25) is 0 Å². The Morgan fingerprint density at radius 2 is 2.33 bits per heavy atom. The van der Waals surface area contributed by atoms with Crippen molar-refractivity contribution < 1.29 is 0 Å². The Morgan fingerprint density at radius 1 is 1.61 bits per heavy atom. The summed E-state index contributed by atoms with van der Waals surface area (Å²) < 4.78 is 0. The minimum atomic E-state index is 0.566. The highest BCUT2D eigenvalue weighted by Gasteiger charge is 2.06. The second-order valence-electron chi connectivity index (χ2n) is 3.89. The van der Waals surface area contributed by atoms with Crippen molar-refractivity contribution in [2.45, 2.75) is 13.3 Å². The summed E-state index contributed by atoms with van der Waals surface area (Å²) in [7, 11) is 1.70. The van der Waals surface area contributed by atoms with E-state index in [1.54, 1.807) is 13.1 Å². The first-order valence-electron chi connectivity index (χ1n) is 5.57. The van der Waals surface area contributed by atoms with E-state index in [4.69, 9.17) is 16.9 Å². The van der Waals surface area contributed by atoms with E-state index in [9.17, 15) is 0 Å². The van der Waals surface area contributed by atoms with Crippen LogP contribution in [0.5, 0.6) is 0 Å². The van der Waals surface area contributed by atoms with Crippen molar-refractivity contribution >= 4 is 17.3 Å². The average Bonchev–Trinajstić information content (AvgIpc) is 2.60. The van der Waals surface area contributed by atoms with Gasteiger partial charge in [0.2, 0.25) is 0 Å². The SMILES string of the molecule is C=C(C)C(Cl)=CC(=NC)C1=CC(C#N)=CCC=C1. The Morgan fingerprint density at radius 3 is 2.89 bits per heavy atom. The van der Waals surface area contributed by atoms with E-state index >= 15 is 0 Å². The zero-order chi connectivity index (χ0) is 13.5. The number of nitriles is 1. The third-order valence-electron chi connectivity index (χ3n) is 2.42. The number of allylic oxidation sites excluding steroid dienone is 9. The molecule has 0 fully saturated rings. The molecule has 0 saturated carbocycles. The molecule has 2 nitrogen and oxygen atoms in total. The zero-order valence-corrected chi connectivity index (χ0v) is 11.3. The first-order chi connectivity index (χ1) is 8.58. The number of hydrogen-bond acceptors (Lipinski definition) is 2. The molecule has 0 saturated heterocycles. The van der Waals surface area contributed by atoms with E-state index in [2.05, 4.69) is 17.6 Å². The van der Waals surface area contributed by atoms with Crippen LogP contribution in [0.15, 0.2) is 63.7 Å². The van der Waals surface area contributed by atoms with Crippen LogP contribution in [0.4, 0.5) is 0 Å². The van der Waals surface area contributed by atoms with Gasteiger partial charge in [0.15, 0.2) is 0 Å². The largest absolute Gasteiger partial charge is 0.288 e. The molecule has 18 heavy (non-hydrogen) atoms. The highest BCUT2D eigenvalue weighted by Crippen LogP contribution is 2.17. The van der Waals surface area contributed by atoms with Gasteiger partial charge in [-0.3, -0.25) is 4.99 Å². The maximum Gasteiger partial charge on any atom is 0.0988 e. The predicted molar refractivity (Wildman–Crippen MR) is 77.6 cm³/mol. The lowest BCUT2D eigenvalue weighted by Crippen LogP contribution is -1.98. The van der Waals surface area contributed by atoms with Gasteiger partial charge in [0, 0.05) is 23.2 Å². The molecule has 0 atom stereocenters. The Labute approximate surface area is 113 Å². The van der Waals surface area contributed by atoms with Crippen LogP contribution in [0.1, 0.15) is 13.3 Å². The predicted octanol–water partition coefficient (Wildman–Crippen LogP) is 4.09. The molecule has 0 bridgehead atoms. The molecule has 0 aliphatic heterocycles. The van der Waals surface area contributed by atoms with Gasteiger partial charge in [-0.15, -0.1) is 0 Å². The van der Waals surface area contributed by atoms with Crippen molar-refractivity contribution in [1.82, 2.24) is 0 Å². The lowest BCUT2D eigenvalue weighted by atomic mass is 10.1. The van der Waals surface area contributed by atoms with Crippen molar-refractivity contribution in [2.75, 3.05) is 7.05 Å². The van der Waals surface area contributed by atoms with Gasteiger partial charge < -0.3 is 0 Å². The summed E-state index contributed by atoms with van der Waals surface area (Å²) in [4.78, 5) is 4.20. The van der Waals surface area contributed by atoms with Crippen LogP contribution < -0.4 is 0 Å². The van der Waals surface area contributed by atoms with E-state index in [1.165, 1.54) is 0 Å². The quantitative estimate of drug-likeness (QED) is 0.555. The highest BCUT2D eigenvalue weighted by atomic mass is 35.5. The standard InChI is InChI=1S/C15H15ClN2/c1-11(2)14(16)9-15(18-3)13-7-5-4-6-12(8-13)10-17/h5-9H,1,4H2,2-3H3. The van der Waals surface area contributed by atoms with E-state index in [0.29, 0.717) is 10.6 Å². The third-order valence-corrected chi connectivity index (χ3v) is 2.85. The van der Waals surface area contributed by atoms with Crippen molar-refractivity contribution in [1.29, 1.82) is 5.26 Å². The normalized spacial score (nSPS) is 16.6. The Hall–Kier alpha value is -1.85. The molecule has 1 aliphatic rings. The Balaban J connectivity index is 3.15. The summed E-state index contributed by atoms with van der Waals surface area (Å²) in [6.07, 6.45) is 10.1. The van der Waals surface area contributed by atoms with Crippen molar-refractivity contribution in [2.24, 2.45) is 4.99 Å². The van der Waals surface area contributed by atoms with Crippen LogP contribution in [-0.4, -0.2) is 12.8 Å². The van der Waals surface area contributed by atoms with Crippen LogP contribution in [0.25, 0.3) is 0 Å². The third kappa shape index (κ3) is 3.87. The molecule has 0 N–H and O–H groups in total. The van der Waals surface area contributed by atoms with Gasteiger partial charge in [0.1, 0.15) is 0 Å². The van der Waals surface area contributed by atoms with Gasteiger partial charge in [-0.2, -0.15) is 5.26 Å². The number of hydrogen-bond donors (Lipinski definition) is 0. The van der Waals surface area contributed by atoms with Gasteiger partial charge >= 0.3 is 0 Å². The van der Waals surface area contributed by atoms with Gasteiger partial charge in [0.05, 0.1) is 11.8 Å². The number of rotatable bonds is 3. The molecule has 92 valence electrons. The molecular weight excluding hydrogens is 244 g/mol. The van der Waals surface area contributed by atoms with Gasteiger partial charge in [-0.25, -0.2) is 0 Å². The fourth-order valence-electron chi connectivity index (χ4n) is 1.42. The first kappa shape index (κ1) is 14.2. The summed E-state index contributed by atoms with van der Waals surface area (Å²) >= 11 is 6.07. The summed E-state index contributed by atoms with van der Waals surface area (Å²) in [5, 5.41) is 9.54. The summed E-state index contributed by atoms with van der Waals surface area (Å²) in [6.45, 7) is 5.62. The lowest BCUT2D eigenvalue weighted by Gasteiger charge is -2.03. The minimum absolute atomic E-state index is 0.566. The molecule has 1 aliphatic carbocycles. The lowest BCUT2D eigenvalue weighted by molar-refractivity contribution is 1.37. The van der Waals surface area contributed by atoms with E-state index in [0.717, 1.165) is 23.3 Å². The molecule has 0 heterocycles. The van der Waals surface area contributed by atoms with Crippen LogP contribution in [0, 0.1) is 11.3 Å². The minimum Gasteiger partial charge on any atom is -0.288 e. The second kappa shape index (κ2) is 6.78. The molecule has 0 spiro atoms. The Kier molecular flexibility index (Phi) is 5.35. The fraction of sp³-hybridized carbons (Fsp3) is 0.200. The molecule has 0 aromatic carbocycles. The monoisotopic (exact) mass is 258 g/mol. The molecule has 1 rings (SSSR count). The molecule has 0 unspecified atom stereocenters. The van der Waals surface area contributed by atoms with Crippen LogP contribution in [-0.2, 0) is 0 Å². The number of halogens is 1. The summed E-state index contributed by atoms with van der Waals surface area (Å²) in [5.74, 6) is 0. The topological polar surface area (TPSA) is 36.1 Å². The molecule has 0 amide bonds. The second-order valence-corrected chi connectivity index (χ2v) is 4.30. The maximum absolute atomic E-state index is 8.97. The maximum atomic E-state index is 8.97. The zero-order valence-electron chi connectivity index (χ0n) is 10.6. The van der Waals surface area contributed by atoms with Crippen molar-refractivity contribution in [3.05, 3.63) is 58.7 Å². The van der Waals surface area contributed by atoms with E-state index in [1.807, 2.05) is 31.2 Å². The molecule has 3 heteroatoms. The van der Waals surface area contributed by atoms with Gasteiger partial charge in [-0.05, 0) is 31.1 Å². The van der Waals surface area contributed by atoms with Crippen LogP contribution in [0.3, 0.4) is 0 Å². The summed E-state index contributed by atoms with van der Waals surface area (Å²) in [5.41, 5.74) is 3.03. The number of nitrogens with zero attached hydrogens (tertiary/aromatic N) is 2. The molecular formula is C15H15ClN2. The molecule has 0 aromatic rings. The molecule has 0 radical (unpaired) electrons. The number of aliphatic imine (C=N–C) groups is 1. The fourth-order valence-corrected chi connectivity index (χ4v) is 1.53. The highest BCUT2D eigenvalue weighted by molar-refractivity contribution is 6.34. The van der Waals surface area contributed by atoms with Crippen molar-refractivity contribution in [3.63, 3.8) is 0 Å². The summed E-state index contributed by atoms with van der Waals surface area (Å²) in [6, 6.07) is 2.15. The smallest absolute Gasteiger partial charge is 0.0988 e. The Bertz CT molecular complexity index is 537.